The van der Waals surface area contributed by atoms with Gasteiger partial charge >= 0.3 is 0 Å². The summed E-state index contributed by atoms with van der Waals surface area (Å²) in [5.41, 5.74) is 1.80. The normalized spacial score (nSPS) is 10.3. The number of nitriles is 2. The molecular weight excluding hydrogens is 288 g/mol. The minimum atomic E-state index is 0.260. The first-order valence-corrected chi connectivity index (χ1v) is 6.86. The van der Waals surface area contributed by atoms with Gasteiger partial charge in [0.05, 0.1) is 29.5 Å². The van der Waals surface area contributed by atoms with Gasteiger partial charge in [-0.15, -0.1) is 0 Å². The fourth-order valence-corrected chi connectivity index (χ4v) is 1.75. The van der Waals surface area contributed by atoms with Gasteiger partial charge in [0.2, 0.25) is 0 Å². The smallest absolute Gasteiger partial charge is 0.127 e. The van der Waals surface area contributed by atoms with E-state index in [2.05, 4.69) is 18.7 Å². The SMILES string of the molecule is C=C/C(=C\Oc1cccc(C#N)c1)COc1cccc(C#N)c1. The molecule has 0 N–H and O–H groups in total. The number of benzene rings is 2. The first-order chi connectivity index (χ1) is 11.2. The average Bonchev–Trinajstić information content (AvgIpc) is 2.62. The van der Waals surface area contributed by atoms with Crippen molar-refractivity contribution in [3.8, 4) is 23.6 Å². The molecule has 0 aromatic heterocycles. The van der Waals surface area contributed by atoms with Gasteiger partial charge in [0, 0.05) is 5.57 Å². The van der Waals surface area contributed by atoms with Crippen LogP contribution in [0.5, 0.6) is 11.5 Å². The number of hydrogen-bond acceptors (Lipinski definition) is 4. The van der Waals surface area contributed by atoms with Crippen molar-refractivity contribution in [2.45, 2.75) is 0 Å². The predicted molar refractivity (Wildman–Crippen MR) is 86.7 cm³/mol. The summed E-state index contributed by atoms with van der Waals surface area (Å²) < 4.78 is 11.1. The molecule has 0 heterocycles. The molecule has 0 atom stereocenters. The van der Waals surface area contributed by atoms with E-state index >= 15 is 0 Å². The van der Waals surface area contributed by atoms with E-state index in [9.17, 15) is 0 Å². The third-order valence-corrected chi connectivity index (χ3v) is 2.94. The van der Waals surface area contributed by atoms with Crippen LogP contribution in [0.2, 0.25) is 0 Å². The summed E-state index contributed by atoms with van der Waals surface area (Å²) in [4.78, 5) is 0. The zero-order valence-corrected chi connectivity index (χ0v) is 12.4. The standard InChI is InChI=1S/C19H14N2O2/c1-2-15(13-22-18-7-3-5-16(9-18)11-20)14-23-19-8-4-6-17(10-19)12-21/h2-10,13H,1,14H2/b15-13+. The highest BCUT2D eigenvalue weighted by atomic mass is 16.5. The largest absolute Gasteiger partial charge is 0.489 e. The minimum Gasteiger partial charge on any atom is -0.489 e. The van der Waals surface area contributed by atoms with E-state index in [4.69, 9.17) is 20.0 Å². The molecule has 0 radical (unpaired) electrons. The molecule has 0 aliphatic rings. The first kappa shape index (κ1) is 15.9. The van der Waals surface area contributed by atoms with Crippen LogP contribution in [0, 0.1) is 22.7 Å². The van der Waals surface area contributed by atoms with Crippen LogP contribution in [0.4, 0.5) is 0 Å². The summed E-state index contributed by atoms with van der Waals surface area (Å²) >= 11 is 0. The van der Waals surface area contributed by atoms with Gasteiger partial charge in [-0.1, -0.05) is 24.8 Å². The lowest BCUT2D eigenvalue weighted by Gasteiger charge is -2.08. The quantitative estimate of drug-likeness (QED) is 0.598. The molecule has 0 aliphatic carbocycles. The highest BCUT2D eigenvalue weighted by molar-refractivity contribution is 5.37. The third-order valence-electron chi connectivity index (χ3n) is 2.94. The maximum absolute atomic E-state index is 8.86. The van der Waals surface area contributed by atoms with Gasteiger partial charge < -0.3 is 9.47 Å². The van der Waals surface area contributed by atoms with Crippen LogP contribution in [-0.2, 0) is 0 Å². The molecule has 0 saturated heterocycles. The zero-order chi connectivity index (χ0) is 16.5. The molecule has 0 fully saturated rings. The summed E-state index contributed by atoms with van der Waals surface area (Å²) in [6.45, 7) is 3.98. The van der Waals surface area contributed by atoms with E-state index in [1.54, 1.807) is 54.6 Å². The van der Waals surface area contributed by atoms with Crippen molar-refractivity contribution >= 4 is 0 Å². The van der Waals surface area contributed by atoms with Crippen LogP contribution in [-0.4, -0.2) is 6.61 Å². The van der Waals surface area contributed by atoms with E-state index in [1.807, 2.05) is 0 Å². The van der Waals surface area contributed by atoms with Crippen LogP contribution in [0.1, 0.15) is 11.1 Å². The fraction of sp³-hybridized carbons (Fsp3) is 0.0526. The lowest BCUT2D eigenvalue weighted by molar-refractivity contribution is 0.349. The van der Waals surface area contributed by atoms with E-state index in [1.165, 1.54) is 6.26 Å². The van der Waals surface area contributed by atoms with Gasteiger partial charge in [0.15, 0.2) is 0 Å². The second kappa shape index (κ2) is 8.07. The zero-order valence-electron chi connectivity index (χ0n) is 12.4. The van der Waals surface area contributed by atoms with Crippen LogP contribution >= 0.6 is 0 Å². The van der Waals surface area contributed by atoms with E-state index < -0.39 is 0 Å². The van der Waals surface area contributed by atoms with Crippen LogP contribution < -0.4 is 9.47 Å². The Bertz CT molecular complexity index is 811. The summed E-state index contributed by atoms with van der Waals surface area (Å²) in [5, 5.41) is 17.7. The van der Waals surface area contributed by atoms with Gasteiger partial charge in [-0.05, 0) is 36.4 Å². The minimum absolute atomic E-state index is 0.260. The lowest BCUT2D eigenvalue weighted by atomic mass is 10.2. The molecule has 112 valence electrons. The molecular formula is C19H14N2O2. The maximum Gasteiger partial charge on any atom is 0.127 e. The summed E-state index contributed by atoms with van der Waals surface area (Å²) in [6.07, 6.45) is 3.15. The van der Waals surface area contributed by atoms with Crippen LogP contribution in [0.15, 0.2) is 73.0 Å². The topological polar surface area (TPSA) is 66.0 Å². The number of rotatable bonds is 6. The molecule has 23 heavy (non-hydrogen) atoms. The van der Waals surface area contributed by atoms with Crippen molar-refractivity contribution in [2.75, 3.05) is 6.61 Å². The molecule has 0 spiro atoms. The summed E-state index contributed by atoms with van der Waals surface area (Å²) in [5.74, 6) is 1.16. The second-order valence-corrected chi connectivity index (χ2v) is 4.58. The van der Waals surface area contributed by atoms with E-state index in [-0.39, 0.29) is 6.61 Å². The summed E-state index contributed by atoms with van der Waals surface area (Å²) in [7, 11) is 0. The number of ether oxygens (including phenoxy) is 2. The van der Waals surface area contributed by atoms with Crippen molar-refractivity contribution in [3.05, 3.63) is 84.1 Å². The van der Waals surface area contributed by atoms with Gasteiger partial charge in [-0.3, -0.25) is 0 Å². The lowest BCUT2D eigenvalue weighted by Crippen LogP contribution is -2.01. The molecule has 4 heteroatoms. The van der Waals surface area contributed by atoms with Gasteiger partial charge in [0.25, 0.3) is 0 Å². The molecule has 0 saturated carbocycles. The Hall–Kier alpha value is -3.50. The second-order valence-electron chi connectivity index (χ2n) is 4.58. The Labute approximate surface area is 135 Å². The Kier molecular flexibility index (Phi) is 5.57. The molecule has 0 aliphatic heterocycles. The Balaban J connectivity index is 2.00. The molecule has 0 bridgehead atoms. The fourth-order valence-electron chi connectivity index (χ4n) is 1.75. The number of hydrogen-bond donors (Lipinski definition) is 0. The van der Waals surface area contributed by atoms with Gasteiger partial charge in [-0.25, -0.2) is 0 Å². The van der Waals surface area contributed by atoms with Crippen molar-refractivity contribution in [2.24, 2.45) is 0 Å². The Morgan fingerprint density at radius 3 is 2.22 bits per heavy atom. The third kappa shape index (κ3) is 4.77. The average molecular weight is 302 g/mol. The highest BCUT2D eigenvalue weighted by Crippen LogP contribution is 2.16. The number of nitrogens with zero attached hydrogens (tertiary/aromatic N) is 2. The van der Waals surface area contributed by atoms with E-state index in [0.717, 1.165) is 5.57 Å². The molecule has 2 aromatic rings. The predicted octanol–water partition coefficient (Wildman–Crippen LogP) is 3.96. The molecule has 4 nitrogen and oxygen atoms in total. The molecule has 2 rings (SSSR count). The molecule has 0 amide bonds. The monoisotopic (exact) mass is 302 g/mol. The van der Waals surface area contributed by atoms with Crippen molar-refractivity contribution in [3.63, 3.8) is 0 Å². The van der Waals surface area contributed by atoms with Crippen molar-refractivity contribution < 1.29 is 9.47 Å². The van der Waals surface area contributed by atoms with Gasteiger partial charge in [0.1, 0.15) is 18.1 Å². The molecule has 0 unspecified atom stereocenters. The van der Waals surface area contributed by atoms with Gasteiger partial charge in [-0.2, -0.15) is 10.5 Å². The maximum atomic E-state index is 8.86. The van der Waals surface area contributed by atoms with E-state index in [0.29, 0.717) is 22.6 Å². The molecule has 2 aromatic carbocycles. The Morgan fingerprint density at radius 1 is 1.00 bits per heavy atom. The Morgan fingerprint density at radius 2 is 1.61 bits per heavy atom. The van der Waals surface area contributed by atoms with Crippen LogP contribution in [0.25, 0.3) is 0 Å². The summed E-state index contributed by atoms with van der Waals surface area (Å²) in [6, 6.07) is 17.9. The van der Waals surface area contributed by atoms with Crippen LogP contribution in [0.3, 0.4) is 0 Å². The van der Waals surface area contributed by atoms with Crippen molar-refractivity contribution in [1.29, 1.82) is 10.5 Å². The first-order valence-electron chi connectivity index (χ1n) is 6.86. The highest BCUT2D eigenvalue weighted by Gasteiger charge is 2.00. The van der Waals surface area contributed by atoms with Crippen molar-refractivity contribution in [1.82, 2.24) is 0 Å².